The second-order valence-corrected chi connectivity index (χ2v) is 5.87. The summed E-state index contributed by atoms with van der Waals surface area (Å²) in [6, 6.07) is 14.2. The first-order valence-corrected chi connectivity index (χ1v) is 7.67. The quantitative estimate of drug-likeness (QED) is 0.728. The van der Waals surface area contributed by atoms with Crippen LogP contribution in [-0.2, 0) is 7.05 Å². The van der Waals surface area contributed by atoms with Crippen LogP contribution in [0.4, 0.5) is 0 Å². The molecule has 3 aromatic rings. The first-order chi connectivity index (χ1) is 11.1. The molecule has 0 fully saturated rings. The summed E-state index contributed by atoms with van der Waals surface area (Å²) in [5, 5.41) is 8.80. The van der Waals surface area contributed by atoms with Crippen LogP contribution in [0.2, 0.25) is 0 Å². The third kappa shape index (κ3) is 2.74. The molecule has 5 nitrogen and oxygen atoms in total. The fourth-order valence-corrected chi connectivity index (χ4v) is 3.31. The first-order valence-electron chi connectivity index (χ1n) is 6.86. The Labute approximate surface area is 136 Å². The third-order valence-electron chi connectivity index (χ3n) is 3.46. The lowest BCUT2D eigenvalue weighted by atomic mass is 10.1. The lowest BCUT2D eigenvalue weighted by Crippen LogP contribution is -2.13. The highest BCUT2D eigenvalue weighted by Gasteiger charge is 2.10. The number of rotatable bonds is 2. The average molecular weight is 323 g/mol. The van der Waals surface area contributed by atoms with Gasteiger partial charge in [-0.05, 0) is 36.4 Å². The number of amides is 1. The number of methoxy groups -OCH3 is 1. The maximum absolute atomic E-state index is 12.3. The molecule has 0 saturated heterocycles. The number of nitrogens with zero attached hydrogens (tertiary/aromatic N) is 3. The Balaban J connectivity index is 2.08. The van der Waals surface area contributed by atoms with Crippen LogP contribution < -0.4 is 9.54 Å². The molecular weight excluding hydrogens is 310 g/mol. The number of thiazole rings is 1. The number of carbonyl (C=O) groups excluding carboxylic acids is 1. The molecule has 23 heavy (non-hydrogen) atoms. The van der Waals surface area contributed by atoms with Crippen molar-refractivity contribution in [2.45, 2.75) is 0 Å². The van der Waals surface area contributed by atoms with Crippen molar-refractivity contribution in [2.24, 2.45) is 12.0 Å². The molecule has 3 rings (SSSR count). The highest BCUT2D eigenvalue weighted by Crippen LogP contribution is 2.26. The number of aromatic nitrogens is 1. The van der Waals surface area contributed by atoms with Gasteiger partial charge >= 0.3 is 0 Å². The molecular formula is C17H13N3O2S. The number of ether oxygens (including phenoxy) is 1. The lowest BCUT2D eigenvalue weighted by molar-refractivity contribution is 0.0998. The molecule has 0 aliphatic carbocycles. The van der Waals surface area contributed by atoms with Crippen molar-refractivity contribution in [2.75, 3.05) is 7.11 Å². The molecule has 0 aliphatic heterocycles. The molecule has 6 heteroatoms. The number of para-hydroxylation sites is 1. The Kier molecular flexibility index (Phi) is 3.96. The Morgan fingerprint density at radius 2 is 2.00 bits per heavy atom. The van der Waals surface area contributed by atoms with Gasteiger partial charge in [0.1, 0.15) is 11.3 Å². The van der Waals surface area contributed by atoms with Crippen molar-refractivity contribution in [1.29, 1.82) is 5.26 Å². The summed E-state index contributed by atoms with van der Waals surface area (Å²) in [5.74, 6) is 0.407. The van der Waals surface area contributed by atoms with Gasteiger partial charge in [-0.25, -0.2) is 0 Å². The largest absolute Gasteiger partial charge is 0.495 e. The van der Waals surface area contributed by atoms with E-state index in [1.165, 1.54) is 11.3 Å². The van der Waals surface area contributed by atoms with Crippen LogP contribution in [0.15, 0.2) is 47.5 Å². The fourth-order valence-electron chi connectivity index (χ4n) is 2.28. The number of aryl methyl sites for hydroxylation is 1. The minimum absolute atomic E-state index is 0.337. The van der Waals surface area contributed by atoms with Gasteiger partial charge in [0.25, 0.3) is 5.91 Å². The van der Waals surface area contributed by atoms with E-state index in [4.69, 9.17) is 10.00 Å². The number of nitriles is 1. The van der Waals surface area contributed by atoms with Gasteiger partial charge in [-0.15, -0.1) is 0 Å². The number of carbonyl (C=O) groups is 1. The van der Waals surface area contributed by atoms with E-state index in [0.717, 1.165) is 16.0 Å². The maximum atomic E-state index is 12.3. The molecule has 0 spiro atoms. The van der Waals surface area contributed by atoms with Gasteiger partial charge in [0.2, 0.25) is 0 Å². The Bertz CT molecular complexity index is 991. The molecule has 1 heterocycles. The molecule has 0 saturated carbocycles. The third-order valence-corrected chi connectivity index (χ3v) is 4.56. The molecule has 1 amide bonds. The van der Waals surface area contributed by atoms with E-state index in [1.807, 2.05) is 35.9 Å². The maximum Gasteiger partial charge on any atom is 0.279 e. The highest BCUT2D eigenvalue weighted by atomic mass is 32.1. The fraction of sp³-hybridized carbons (Fsp3) is 0.118. The van der Waals surface area contributed by atoms with Gasteiger partial charge < -0.3 is 9.30 Å². The van der Waals surface area contributed by atoms with E-state index >= 15 is 0 Å². The summed E-state index contributed by atoms with van der Waals surface area (Å²) in [7, 11) is 3.47. The zero-order valence-electron chi connectivity index (χ0n) is 12.6. The second kappa shape index (κ2) is 6.07. The summed E-state index contributed by atoms with van der Waals surface area (Å²) in [6.07, 6.45) is 0. The summed E-state index contributed by atoms with van der Waals surface area (Å²) >= 11 is 1.43. The molecule has 2 aromatic carbocycles. The Morgan fingerprint density at radius 1 is 1.26 bits per heavy atom. The van der Waals surface area contributed by atoms with E-state index in [1.54, 1.807) is 31.4 Å². The number of fused-ring (bicyclic) bond motifs is 1. The Morgan fingerprint density at radius 3 is 2.65 bits per heavy atom. The van der Waals surface area contributed by atoms with Crippen molar-refractivity contribution >= 4 is 27.5 Å². The predicted octanol–water partition coefficient (Wildman–Crippen LogP) is 2.86. The zero-order valence-corrected chi connectivity index (χ0v) is 13.4. The second-order valence-electron chi connectivity index (χ2n) is 4.86. The van der Waals surface area contributed by atoms with Gasteiger partial charge in [0, 0.05) is 12.6 Å². The molecule has 114 valence electrons. The minimum atomic E-state index is -0.337. The van der Waals surface area contributed by atoms with Crippen LogP contribution >= 0.6 is 11.3 Å². The number of hydrogen-bond donors (Lipinski definition) is 0. The van der Waals surface area contributed by atoms with Crippen LogP contribution in [0.5, 0.6) is 5.75 Å². The van der Waals surface area contributed by atoms with E-state index in [9.17, 15) is 4.79 Å². The molecule has 0 radical (unpaired) electrons. The molecule has 0 atom stereocenters. The van der Waals surface area contributed by atoms with Gasteiger partial charge in [-0.2, -0.15) is 10.3 Å². The van der Waals surface area contributed by atoms with E-state index in [2.05, 4.69) is 4.99 Å². The van der Waals surface area contributed by atoms with Crippen molar-refractivity contribution in [3.05, 3.63) is 58.4 Å². The highest BCUT2D eigenvalue weighted by molar-refractivity contribution is 7.16. The summed E-state index contributed by atoms with van der Waals surface area (Å²) in [6.45, 7) is 0. The zero-order chi connectivity index (χ0) is 16.4. The first kappa shape index (κ1) is 15.0. The topological polar surface area (TPSA) is 67.4 Å². The van der Waals surface area contributed by atoms with Crippen molar-refractivity contribution < 1.29 is 9.53 Å². The smallest absolute Gasteiger partial charge is 0.279 e. The summed E-state index contributed by atoms with van der Waals surface area (Å²) < 4.78 is 8.21. The summed E-state index contributed by atoms with van der Waals surface area (Å²) in [4.78, 5) is 17.1. The van der Waals surface area contributed by atoms with Crippen LogP contribution in [0, 0.1) is 11.3 Å². The van der Waals surface area contributed by atoms with Crippen LogP contribution in [0.1, 0.15) is 15.9 Å². The molecule has 0 bridgehead atoms. The van der Waals surface area contributed by atoms with Crippen molar-refractivity contribution in [1.82, 2.24) is 4.57 Å². The van der Waals surface area contributed by atoms with Gasteiger partial charge in [0.15, 0.2) is 4.80 Å². The Hall–Kier alpha value is -2.91. The van der Waals surface area contributed by atoms with Gasteiger partial charge in [-0.3, -0.25) is 4.79 Å². The lowest BCUT2D eigenvalue weighted by Gasteiger charge is -2.03. The van der Waals surface area contributed by atoms with E-state index < -0.39 is 0 Å². The normalized spacial score (nSPS) is 11.4. The van der Waals surface area contributed by atoms with E-state index in [0.29, 0.717) is 15.9 Å². The molecule has 1 aromatic heterocycles. The predicted molar refractivity (Wildman–Crippen MR) is 88.4 cm³/mol. The van der Waals surface area contributed by atoms with Gasteiger partial charge in [0.05, 0.1) is 23.4 Å². The van der Waals surface area contributed by atoms with Crippen LogP contribution in [0.25, 0.3) is 10.2 Å². The molecule has 0 N–H and O–H groups in total. The monoisotopic (exact) mass is 323 g/mol. The van der Waals surface area contributed by atoms with E-state index in [-0.39, 0.29) is 5.91 Å². The van der Waals surface area contributed by atoms with Gasteiger partial charge in [-0.1, -0.05) is 17.4 Å². The number of hydrogen-bond acceptors (Lipinski definition) is 4. The summed E-state index contributed by atoms with van der Waals surface area (Å²) in [5.41, 5.74) is 1.87. The standard InChI is InChI=1S/C17H13N3O2S/c1-20-15-13(22-2)4-3-5-14(15)23-17(20)19-16(21)12-8-6-11(10-18)7-9-12/h3-9H,1-2H3. The average Bonchev–Trinajstić information content (AvgIpc) is 2.91. The minimum Gasteiger partial charge on any atom is -0.495 e. The molecule has 0 unspecified atom stereocenters. The SMILES string of the molecule is COc1cccc2sc(=NC(=O)c3ccc(C#N)cc3)n(C)c12. The van der Waals surface area contributed by atoms with Crippen LogP contribution in [-0.4, -0.2) is 17.6 Å². The molecule has 0 aliphatic rings. The van der Waals surface area contributed by atoms with Crippen molar-refractivity contribution in [3.63, 3.8) is 0 Å². The number of benzene rings is 2. The van der Waals surface area contributed by atoms with Crippen molar-refractivity contribution in [3.8, 4) is 11.8 Å². The van der Waals surface area contributed by atoms with Crippen LogP contribution in [0.3, 0.4) is 0 Å².